The lowest BCUT2D eigenvalue weighted by Gasteiger charge is -2.37. The van der Waals surface area contributed by atoms with Gasteiger partial charge in [0.15, 0.2) is 0 Å². The van der Waals surface area contributed by atoms with Gasteiger partial charge in [0.05, 0.1) is 4.88 Å². The average molecular weight is 343 g/mol. The van der Waals surface area contributed by atoms with Crippen LogP contribution in [0.5, 0.6) is 0 Å². The molecule has 1 aliphatic carbocycles. The van der Waals surface area contributed by atoms with Crippen molar-refractivity contribution in [2.75, 3.05) is 14.1 Å². The normalized spacial score (nSPS) is 22.5. The lowest BCUT2D eigenvalue weighted by Crippen LogP contribution is -2.30. The molecule has 1 heterocycles. The van der Waals surface area contributed by atoms with Crippen LogP contribution in [0.2, 0.25) is 0 Å². The Morgan fingerprint density at radius 1 is 1.12 bits per heavy atom. The summed E-state index contributed by atoms with van der Waals surface area (Å²) in [5.74, 6) is 0.862. The van der Waals surface area contributed by atoms with Crippen LogP contribution in [0.1, 0.15) is 58.4 Å². The topological polar surface area (TPSA) is 46.3 Å². The number of nitrogens with zero attached hydrogens (tertiary/aromatic N) is 1. The van der Waals surface area contributed by atoms with Crippen LogP contribution in [-0.4, -0.2) is 24.9 Å². The molecule has 3 nitrogen and oxygen atoms in total. The molecular formula is C20H26N2OS. The van der Waals surface area contributed by atoms with Gasteiger partial charge in [-0.1, -0.05) is 30.3 Å². The maximum absolute atomic E-state index is 11.6. The Labute approximate surface area is 148 Å². The Balaban J connectivity index is 1.72. The molecule has 1 aliphatic rings. The largest absolute Gasteiger partial charge is 0.365 e. The van der Waals surface area contributed by atoms with E-state index in [-0.39, 0.29) is 5.91 Å². The van der Waals surface area contributed by atoms with Gasteiger partial charge in [-0.05, 0) is 74.2 Å². The van der Waals surface area contributed by atoms with Crippen molar-refractivity contribution < 1.29 is 4.79 Å². The van der Waals surface area contributed by atoms with E-state index >= 15 is 0 Å². The van der Waals surface area contributed by atoms with Crippen molar-refractivity contribution >= 4 is 17.2 Å². The molecule has 128 valence electrons. The summed E-state index contributed by atoms with van der Waals surface area (Å²) < 4.78 is 0. The molecule has 1 unspecified atom stereocenters. The fourth-order valence-corrected chi connectivity index (χ4v) is 5.07. The molecule has 2 N–H and O–H groups in total. The summed E-state index contributed by atoms with van der Waals surface area (Å²) in [6.07, 6.45) is 4.66. The highest BCUT2D eigenvalue weighted by Crippen LogP contribution is 2.43. The second-order valence-electron chi connectivity index (χ2n) is 7.00. The zero-order valence-electron chi connectivity index (χ0n) is 14.4. The van der Waals surface area contributed by atoms with E-state index in [0.717, 1.165) is 17.7 Å². The number of amides is 1. The number of carbonyl (C=O) groups excluding carboxylic acids is 1. The minimum Gasteiger partial charge on any atom is -0.365 e. The van der Waals surface area contributed by atoms with Crippen molar-refractivity contribution in [3.63, 3.8) is 0 Å². The summed E-state index contributed by atoms with van der Waals surface area (Å²) in [7, 11) is 4.35. The number of nitrogens with two attached hydrogens (primary N) is 1. The highest BCUT2D eigenvalue weighted by Gasteiger charge is 2.31. The number of thiophene rings is 1. The smallest absolute Gasteiger partial charge is 0.259 e. The van der Waals surface area contributed by atoms with Crippen LogP contribution >= 0.6 is 11.3 Å². The van der Waals surface area contributed by atoms with Gasteiger partial charge < -0.3 is 10.6 Å². The Morgan fingerprint density at radius 2 is 1.79 bits per heavy atom. The van der Waals surface area contributed by atoms with Crippen LogP contribution in [0.25, 0.3) is 0 Å². The molecule has 1 aromatic heterocycles. The van der Waals surface area contributed by atoms with Crippen LogP contribution in [0.15, 0.2) is 41.8 Å². The maximum Gasteiger partial charge on any atom is 0.259 e. The summed E-state index contributed by atoms with van der Waals surface area (Å²) in [5.41, 5.74) is 8.10. The number of primary amides is 1. The maximum atomic E-state index is 11.6. The highest BCUT2D eigenvalue weighted by atomic mass is 32.1. The van der Waals surface area contributed by atoms with Gasteiger partial charge >= 0.3 is 0 Å². The SMILES string of the molecule is CN(C)C(c1ccccc1)C1CCC(c2ccsc2C(N)=O)CC1. The van der Waals surface area contributed by atoms with E-state index in [1.54, 1.807) is 0 Å². The van der Waals surface area contributed by atoms with Gasteiger partial charge in [0, 0.05) is 6.04 Å². The van der Waals surface area contributed by atoms with Crippen molar-refractivity contribution in [2.24, 2.45) is 11.7 Å². The third-order valence-electron chi connectivity index (χ3n) is 5.28. The van der Waals surface area contributed by atoms with Crippen molar-refractivity contribution in [2.45, 2.75) is 37.6 Å². The second kappa shape index (κ2) is 7.49. The van der Waals surface area contributed by atoms with E-state index < -0.39 is 0 Å². The van der Waals surface area contributed by atoms with Gasteiger partial charge in [-0.2, -0.15) is 0 Å². The van der Waals surface area contributed by atoms with Crippen molar-refractivity contribution in [1.29, 1.82) is 0 Å². The zero-order chi connectivity index (χ0) is 17.1. The summed E-state index contributed by atoms with van der Waals surface area (Å²) in [6.45, 7) is 0. The van der Waals surface area contributed by atoms with E-state index in [2.05, 4.69) is 55.4 Å². The number of hydrogen-bond donors (Lipinski definition) is 1. The third-order valence-corrected chi connectivity index (χ3v) is 6.22. The molecule has 2 aromatic rings. The molecule has 4 heteroatoms. The quantitative estimate of drug-likeness (QED) is 0.874. The van der Waals surface area contributed by atoms with Gasteiger partial charge in [-0.25, -0.2) is 0 Å². The standard InChI is InChI=1S/C20H26N2OS/c1-22(2)18(15-6-4-3-5-7-15)16-10-8-14(9-11-16)17-12-13-24-19(17)20(21)23/h3-7,12-14,16,18H,8-11H2,1-2H3,(H2,21,23). The molecule has 1 saturated carbocycles. The van der Waals surface area contributed by atoms with Gasteiger partial charge in [0.2, 0.25) is 0 Å². The van der Waals surface area contributed by atoms with E-state index in [0.29, 0.717) is 17.9 Å². The molecule has 1 atom stereocenters. The van der Waals surface area contributed by atoms with Crippen LogP contribution < -0.4 is 5.73 Å². The van der Waals surface area contributed by atoms with E-state index in [1.165, 1.54) is 35.3 Å². The predicted molar refractivity (Wildman–Crippen MR) is 100 cm³/mol. The Bertz CT molecular complexity index is 672. The molecule has 0 aliphatic heterocycles. The van der Waals surface area contributed by atoms with Gasteiger partial charge in [0.25, 0.3) is 5.91 Å². The van der Waals surface area contributed by atoms with Crippen molar-refractivity contribution in [3.05, 3.63) is 57.8 Å². The Morgan fingerprint density at radius 3 is 2.38 bits per heavy atom. The summed E-state index contributed by atoms with van der Waals surface area (Å²) in [5, 5.41) is 1.99. The van der Waals surface area contributed by atoms with Crippen LogP contribution in [0.4, 0.5) is 0 Å². The molecule has 1 fully saturated rings. The Kier molecular flexibility index (Phi) is 5.36. The molecule has 0 saturated heterocycles. The first-order chi connectivity index (χ1) is 11.6. The van der Waals surface area contributed by atoms with Crippen LogP contribution in [0, 0.1) is 5.92 Å². The third kappa shape index (κ3) is 3.55. The van der Waals surface area contributed by atoms with Crippen molar-refractivity contribution in [3.8, 4) is 0 Å². The number of rotatable bonds is 5. The molecule has 1 aromatic carbocycles. The monoisotopic (exact) mass is 342 g/mol. The summed E-state index contributed by atoms with van der Waals surface area (Å²) in [4.78, 5) is 14.7. The van der Waals surface area contributed by atoms with Crippen molar-refractivity contribution in [1.82, 2.24) is 4.90 Å². The second-order valence-corrected chi connectivity index (χ2v) is 7.92. The fourth-order valence-electron chi connectivity index (χ4n) is 4.23. The molecule has 0 radical (unpaired) electrons. The summed E-state index contributed by atoms with van der Waals surface area (Å²) in [6, 6.07) is 13.4. The molecule has 0 spiro atoms. The van der Waals surface area contributed by atoms with E-state index in [9.17, 15) is 4.79 Å². The van der Waals surface area contributed by atoms with E-state index in [4.69, 9.17) is 5.73 Å². The average Bonchev–Trinajstić information content (AvgIpc) is 3.06. The number of benzene rings is 1. The minimum absolute atomic E-state index is 0.280. The van der Waals surface area contributed by atoms with Gasteiger partial charge in [-0.15, -0.1) is 11.3 Å². The number of hydrogen-bond acceptors (Lipinski definition) is 3. The zero-order valence-corrected chi connectivity index (χ0v) is 15.3. The van der Waals surface area contributed by atoms with Crippen LogP contribution in [0.3, 0.4) is 0 Å². The highest BCUT2D eigenvalue weighted by molar-refractivity contribution is 7.12. The first-order valence-corrected chi connectivity index (χ1v) is 9.54. The van der Waals surface area contributed by atoms with Crippen LogP contribution in [-0.2, 0) is 0 Å². The predicted octanol–water partition coefficient (Wildman–Crippen LogP) is 4.42. The fraction of sp³-hybridized carbons (Fsp3) is 0.450. The number of carbonyl (C=O) groups is 1. The molecular weight excluding hydrogens is 316 g/mol. The summed E-state index contributed by atoms with van der Waals surface area (Å²) >= 11 is 1.48. The van der Waals surface area contributed by atoms with Gasteiger partial charge in [-0.3, -0.25) is 4.79 Å². The molecule has 3 rings (SSSR count). The lowest BCUT2D eigenvalue weighted by atomic mass is 9.74. The molecule has 1 amide bonds. The Hall–Kier alpha value is -1.65. The van der Waals surface area contributed by atoms with Gasteiger partial charge in [0.1, 0.15) is 0 Å². The first kappa shape index (κ1) is 17.2. The molecule has 24 heavy (non-hydrogen) atoms. The lowest BCUT2D eigenvalue weighted by molar-refractivity contribution is 0.100. The van der Waals surface area contributed by atoms with E-state index in [1.807, 2.05) is 5.38 Å². The molecule has 0 bridgehead atoms. The minimum atomic E-state index is -0.280. The first-order valence-electron chi connectivity index (χ1n) is 8.66.